The second-order valence-electron chi connectivity index (χ2n) is 6.21. The molecule has 0 atom stereocenters. The maximum Gasteiger partial charge on any atom is 0.460 e. The molecular weight excluding hydrogens is 446 g/mol. The predicted octanol–water partition coefficient (Wildman–Crippen LogP) is 7.39. The number of hydrogen-bond donors (Lipinski definition) is 0. The van der Waals surface area contributed by atoms with Crippen LogP contribution in [0, 0.1) is 0 Å². The van der Waals surface area contributed by atoms with Gasteiger partial charge < -0.3 is 0 Å². The fourth-order valence-corrected chi connectivity index (χ4v) is 2.43. The van der Waals surface area contributed by atoms with Gasteiger partial charge in [-0.15, -0.1) is 0 Å². The molecule has 0 spiro atoms. The summed E-state index contributed by atoms with van der Waals surface area (Å²) in [6.45, 7) is 1.32. The summed E-state index contributed by atoms with van der Waals surface area (Å²) in [6, 6.07) is -0.405. The van der Waals surface area contributed by atoms with Gasteiger partial charge in [0, 0.05) is 11.1 Å². The van der Waals surface area contributed by atoms with Crippen LogP contribution in [0.1, 0.15) is 36.5 Å². The van der Waals surface area contributed by atoms with Gasteiger partial charge in [0.2, 0.25) is 0 Å². The first kappa shape index (κ1) is 25.3. The van der Waals surface area contributed by atoms with Gasteiger partial charge >= 0.3 is 36.0 Å². The van der Waals surface area contributed by atoms with Crippen LogP contribution in [0.25, 0.3) is 0 Å². The highest BCUT2D eigenvalue weighted by Gasteiger charge is 2.76. The van der Waals surface area contributed by atoms with Crippen molar-refractivity contribution < 1.29 is 61.5 Å². The van der Waals surface area contributed by atoms with Crippen molar-refractivity contribution in [3.8, 4) is 0 Å². The Morgan fingerprint density at radius 1 is 0.552 bits per heavy atom. The molecule has 1 aromatic carbocycles. The number of benzene rings is 1. The Labute approximate surface area is 153 Å². The van der Waals surface area contributed by atoms with Gasteiger partial charge in [0.15, 0.2) is 0 Å². The van der Waals surface area contributed by atoms with Crippen LogP contribution in [0.15, 0.2) is 18.2 Å². The Morgan fingerprint density at radius 3 is 1.03 bits per heavy atom. The maximum absolute atomic E-state index is 14.0. The summed E-state index contributed by atoms with van der Waals surface area (Å²) in [5.41, 5.74) is -6.80. The van der Waals surface area contributed by atoms with Gasteiger partial charge in [0.05, 0.1) is 0 Å². The third kappa shape index (κ3) is 3.74. The van der Waals surface area contributed by atoms with E-state index in [1.807, 2.05) is 0 Å². The molecule has 0 aliphatic heterocycles. The zero-order valence-electron chi connectivity index (χ0n) is 14.1. The Bertz CT molecular complexity index is 682. The molecule has 0 radical (unpaired) electrons. The Hall–Kier alpha value is -1.76. The number of hydrogen-bond acceptors (Lipinski definition) is 0. The normalized spacial score (nSPS) is 15.2. The number of alkyl halides is 14. The summed E-state index contributed by atoms with van der Waals surface area (Å²) in [5, 5.41) is 0. The van der Waals surface area contributed by atoms with E-state index in [-0.39, 0.29) is 18.2 Å². The molecule has 0 saturated heterocycles. The molecule has 0 bridgehead atoms. The van der Waals surface area contributed by atoms with Gasteiger partial charge in [-0.3, -0.25) is 0 Å². The maximum atomic E-state index is 14.0. The van der Waals surface area contributed by atoms with Crippen LogP contribution < -0.4 is 0 Å². The fraction of sp³-hybridized carbons (Fsp3) is 0.600. The van der Waals surface area contributed by atoms with Gasteiger partial charge in [-0.1, -0.05) is 32.0 Å². The lowest BCUT2D eigenvalue weighted by Crippen LogP contribution is -2.52. The molecule has 1 rings (SSSR count). The molecule has 0 fully saturated rings. The molecule has 0 aliphatic carbocycles. The average Bonchev–Trinajstić information content (AvgIpc) is 2.51. The van der Waals surface area contributed by atoms with Crippen LogP contribution in [-0.2, 0) is 11.8 Å². The van der Waals surface area contributed by atoms with Crippen LogP contribution in [-0.4, -0.2) is 24.2 Å². The molecule has 0 amide bonds. The summed E-state index contributed by atoms with van der Waals surface area (Å²) in [6.07, 6.45) is -13.8. The summed E-state index contributed by atoms with van der Waals surface area (Å²) in [4.78, 5) is 0. The first-order chi connectivity index (χ1) is 12.5. The predicted molar refractivity (Wildman–Crippen MR) is 70.3 cm³/mol. The highest BCUT2D eigenvalue weighted by Crippen LogP contribution is 2.57. The topological polar surface area (TPSA) is 0 Å². The van der Waals surface area contributed by atoms with Crippen molar-refractivity contribution in [1.29, 1.82) is 0 Å². The van der Waals surface area contributed by atoms with Crippen LogP contribution in [0.4, 0.5) is 61.5 Å². The monoisotopic (exact) mass is 456 g/mol. The van der Waals surface area contributed by atoms with Crippen molar-refractivity contribution in [3.05, 3.63) is 34.9 Å². The summed E-state index contributed by atoms with van der Waals surface area (Å²) in [7, 11) is 0. The third-order valence-corrected chi connectivity index (χ3v) is 3.86. The quantitative estimate of drug-likeness (QED) is 0.406. The minimum atomic E-state index is -6.89. The van der Waals surface area contributed by atoms with Crippen LogP contribution in [0.2, 0.25) is 0 Å². The molecule has 0 unspecified atom stereocenters. The van der Waals surface area contributed by atoms with Gasteiger partial charge in [-0.05, 0) is 11.5 Å². The largest absolute Gasteiger partial charge is 0.460 e. The van der Waals surface area contributed by atoms with Gasteiger partial charge in [-0.25, -0.2) is 0 Å². The molecule has 168 valence electrons. The van der Waals surface area contributed by atoms with E-state index in [0.29, 0.717) is 13.8 Å². The molecule has 29 heavy (non-hydrogen) atoms. The smallest absolute Gasteiger partial charge is 0.194 e. The fourth-order valence-electron chi connectivity index (χ4n) is 2.43. The molecule has 0 N–H and O–H groups in total. The second kappa shape index (κ2) is 6.89. The molecule has 1 aromatic rings. The minimum absolute atomic E-state index is 0.0444. The Balaban J connectivity index is 3.93. The first-order valence-corrected chi connectivity index (χ1v) is 7.33. The van der Waals surface area contributed by atoms with Gasteiger partial charge in [0.1, 0.15) is 0 Å². The first-order valence-electron chi connectivity index (χ1n) is 7.33. The van der Waals surface area contributed by atoms with E-state index in [4.69, 9.17) is 0 Å². The van der Waals surface area contributed by atoms with E-state index in [1.165, 1.54) is 0 Å². The zero-order valence-corrected chi connectivity index (χ0v) is 14.1. The molecule has 0 nitrogen and oxygen atoms in total. The third-order valence-electron chi connectivity index (χ3n) is 3.86. The van der Waals surface area contributed by atoms with Crippen LogP contribution >= 0.6 is 0 Å². The molecular formula is C15H10F14. The van der Waals surface area contributed by atoms with Crippen molar-refractivity contribution in [1.82, 2.24) is 0 Å². The van der Waals surface area contributed by atoms with Crippen molar-refractivity contribution in [2.45, 2.75) is 55.8 Å². The summed E-state index contributed by atoms with van der Waals surface area (Å²) >= 11 is 0. The van der Waals surface area contributed by atoms with E-state index in [0.717, 1.165) is 0 Å². The lowest BCUT2D eigenvalue weighted by Gasteiger charge is -2.34. The van der Waals surface area contributed by atoms with Crippen molar-refractivity contribution in [2.24, 2.45) is 0 Å². The number of rotatable bonds is 5. The molecule has 0 aliphatic rings. The Morgan fingerprint density at radius 2 is 0.828 bits per heavy atom. The molecule has 14 heteroatoms. The van der Waals surface area contributed by atoms with Gasteiger partial charge in [0.25, 0.3) is 0 Å². The second-order valence-corrected chi connectivity index (χ2v) is 6.21. The lowest BCUT2D eigenvalue weighted by molar-refractivity contribution is -0.361. The van der Waals surface area contributed by atoms with Crippen molar-refractivity contribution in [2.75, 3.05) is 0 Å². The summed E-state index contributed by atoms with van der Waals surface area (Å²) in [5.74, 6) is -28.1. The van der Waals surface area contributed by atoms with Crippen LogP contribution in [0.5, 0.6) is 0 Å². The minimum Gasteiger partial charge on any atom is -0.194 e. The SMILES string of the molecule is CC(C)c1c(C(F)(F)C(F)(F)C(F)(F)F)cccc1C(F)(F)C(F)(F)C(F)(F)F. The van der Waals surface area contributed by atoms with E-state index >= 15 is 0 Å². The Kier molecular flexibility index (Phi) is 6.01. The standard InChI is InChI=1S/C15H10F14/c1-6(2)9-7(10(16,17)12(20,21)14(24,25)26)4-3-5-8(9)11(18,19)13(22,23)15(27,28)29/h3-6H,1-2H3. The number of halogens is 14. The lowest BCUT2D eigenvalue weighted by atomic mass is 9.83. The van der Waals surface area contributed by atoms with Crippen molar-refractivity contribution in [3.63, 3.8) is 0 Å². The molecule has 0 saturated carbocycles. The van der Waals surface area contributed by atoms with Crippen LogP contribution in [0.3, 0.4) is 0 Å². The average molecular weight is 456 g/mol. The van der Waals surface area contributed by atoms with E-state index < -0.39 is 58.7 Å². The highest BCUT2D eigenvalue weighted by molar-refractivity contribution is 5.44. The van der Waals surface area contributed by atoms with E-state index in [2.05, 4.69) is 0 Å². The summed E-state index contributed by atoms with van der Waals surface area (Å²) < 4.78 is 184. The van der Waals surface area contributed by atoms with E-state index in [1.54, 1.807) is 0 Å². The van der Waals surface area contributed by atoms with Crippen molar-refractivity contribution >= 4 is 0 Å². The molecule has 0 heterocycles. The van der Waals surface area contributed by atoms with E-state index in [9.17, 15) is 61.5 Å². The molecule has 0 aromatic heterocycles. The highest BCUT2D eigenvalue weighted by atomic mass is 19.4. The zero-order chi connectivity index (χ0) is 23.4. The van der Waals surface area contributed by atoms with Gasteiger partial charge in [-0.2, -0.15) is 61.5 Å².